The molecular weight excluding hydrogens is 244 g/mol. The van der Waals surface area contributed by atoms with E-state index < -0.39 is 5.97 Å². The van der Waals surface area contributed by atoms with Crippen LogP contribution in [0.5, 0.6) is 5.75 Å². The highest BCUT2D eigenvalue weighted by molar-refractivity contribution is 5.68. The number of pyridine rings is 1. The van der Waals surface area contributed by atoms with Gasteiger partial charge in [-0.1, -0.05) is 18.2 Å². The van der Waals surface area contributed by atoms with E-state index >= 15 is 0 Å². The van der Waals surface area contributed by atoms with Gasteiger partial charge in [0.15, 0.2) is 6.61 Å². The Kier molecular flexibility index (Phi) is 4.34. The molecule has 1 aromatic heterocycles. The standard InChI is InChI=1S/C14H14N2O3/c17-14(18)10-19-13-6-2-1-4-11(13)8-16-12-5-3-7-15-9-12/h1-7,9,16H,8,10H2,(H,17,18). The van der Waals surface area contributed by atoms with Crippen LogP contribution in [0.15, 0.2) is 48.8 Å². The van der Waals surface area contributed by atoms with Crippen molar-refractivity contribution in [3.8, 4) is 5.75 Å². The fraction of sp³-hybridized carbons (Fsp3) is 0.143. The van der Waals surface area contributed by atoms with Gasteiger partial charge >= 0.3 is 5.97 Å². The Hall–Kier alpha value is -2.56. The first-order valence-corrected chi connectivity index (χ1v) is 5.82. The summed E-state index contributed by atoms with van der Waals surface area (Å²) in [5.74, 6) is -0.420. The number of nitrogens with one attached hydrogen (secondary N) is 1. The lowest BCUT2D eigenvalue weighted by molar-refractivity contribution is -0.139. The molecule has 0 fully saturated rings. The molecule has 0 aliphatic heterocycles. The lowest BCUT2D eigenvalue weighted by Crippen LogP contribution is -2.11. The predicted molar refractivity (Wildman–Crippen MR) is 71.1 cm³/mol. The Bertz CT molecular complexity index is 543. The SMILES string of the molecule is O=C(O)COc1ccccc1CNc1cccnc1. The summed E-state index contributed by atoms with van der Waals surface area (Å²) in [5, 5.41) is 11.8. The first-order chi connectivity index (χ1) is 9.25. The monoisotopic (exact) mass is 258 g/mol. The molecule has 5 heteroatoms. The number of hydrogen-bond acceptors (Lipinski definition) is 4. The van der Waals surface area contributed by atoms with Crippen molar-refractivity contribution >= 4 is 11.7 Å². The number of carboxylic acid groups (broad SMARTS) is 1. The fourth-order valence-electron chi connectivity index (χ4n) is 1.59. The maximum Gasteiger partial charge on any atom is 0.341 e. The Morgan fingerprint density at radius 2 is 2.11 bits per heavy atom. The second-order valence-electron chi connectivity index (χ2n) is 3.89. The summed E-state index contributed by atoms with van der Waals surface area (Å²) in [7, 11) is 0. The number of hydrogen-bond donors (Lipinski definition) is 2. The second-order valence-corrected chi connectivity index (χ2v) is 3.89. The summed E-state index contributed by atoms with van der Waals surface area (Å²) in [6.45, 7) is 0.200. The number of rotatable bonds is 6. The van der Waals surface area contributed by atoms with E-state index in [2.05, 4.69) is 10.3 Å². The molecular formula is C14H14N2O3. The van der Waals surface area contributed by atoms with E-state index in [0.29, 0.717) is 12.3 Å². The lowest BCUT2D eigenvalue weighted by atomic mass is 10.2. The first kappa shape index (κ1) is 12.9. The van der Waals surface area contributed by atoms with E-state index in [-0.39, 0.29) is 6.61 Å². The molecule has 1 aromatic carbocycles. The number of ether oxygens (including phenoxy) is 1. The number of carboxylic acids is 1. The van der Waals surface area contributed by atoms with E-state index in [9.17, 15) is 4.79 Å². The normalized spacial score (nSPS) is 9.89. The molecule has 0 unspecified atom stereocenters. The number of carbonyl (C=O) groups is 1. The highest BCUT2D eigenvalue weighted by atomic mass is 16.5. The van der Waals surface area contributed by atoms with Crippen molar-refractivity contribution in [2.24, 2.45) is 0 Å². The quantitative estimate of drug-likeness (QED) is 0.830. The molecule has 0 saturated heterocycles. The maximum absolute atomic E-state index is 10.5. The molecule has 2 aromatic rings. The molecule has 1 heterocycles. The number of aromatic nitrogens is 1. The van der Waals surface area contributed by atoms with E-state index in [1.165, 1.54) is 0 Å². The number of anilines is 1. The van der Waals surface area contributed by atoms with E-state index in [1.807, 2.05) is 30.3 Å². The highest BCUT2D eigenvalue weighted by Crippen LogP contribution is 2.19. The topological polar surface area (TPSA) is 71.5 Å². The van der Waals surface area contributed by atoms with Gasteiger partial charge in [-0.15, -0.1) is 0 Å². The Morgan fingerprint density at radius 3 is 2.84 bits per heavy atom. The third kappa shape index (κ3) is 3.99. The largest absolute Gasteiger partial charge is 0.482 e. The van der Waals surface area contributed by atoms with Gasteiger partial charge in [0.1, 0.15) is 5.75 Å². The Labute approximate surface area is 110 Å². The summed E-state index contributed by atoms with van der Waals surface area (Å²) in [6.07, 6.45) is 3.43. The summed E-state index contributed by atoms with van der Waals surface area (Å²) < 4.78 is 5.23. The molecule has 0 atom stereocenters. The van der Waals surface area contributed by atoms with Gasteiger partial charge in [-0.3, -0.25) is 4.98 Å². The van der Waals surface area contributed by atoms with Gasteiger partial charge in [-0.2, -0.15) is 0 Å². The number of benzene rings is 1. The van der Waals surface area contributed by atoms with Crippen LogP contribution in [0.2, 0.25) is 0 Å². The molecule has 0 saturated carbocycles. The summed E-state index contributed by atoms with van der Waals surface area (Å²) in [4.78, 5) is 14.5. The summed E-state index contributed by atoms with van der Waals surface area (Å²) in [5.41, 5.74) is 1.79. The van der Waals surface area contributed by atoms with Crippen LogP contribution in [0.4, 0.5) is 5.69 Å². The Morgan fingerprint density at radius 1 is 1.26 bits per heavy atom. The van der Waals surface area contributed by atoms with Gasteiger partial charge < -0.3 is 15.2 Å². The van der Waals surface area contributed by atoms with Crippen molar-refractivity contribution in [3.63, 3.8) is 0 Å². The minimum atomic E-state index is -0.991. The Balaban J connectivity index is 2.01. The number of nitrogens with zero attached hydrogens (tertiary/aromatic N) is 1. The van der Waals surface area contributed by atoms with Crippen molar-refractivity contribution in [3.05, 3.63) is 54.4 Å². The second kappa shape index (κ2) is 6.39. The van der Waals surface area contributed by atoms with Gasteiger partial charge in [-0.05, 0) is 18.2 Å². The van der Waals surface area contributed by atoms with Crippen LogP contribution in [0, 0.1) is 0 Å². The smallest absolute Gasteiger partial charge is 0.341 e. The third-order valence-corrected chi connectivity index (χ3v) is 2.47. The third-order valence-electron chi connectivity index (χ3n) is 2.47. The zero-order chi connectivity index (χ0) is 13.5. The molecule has 5 nitrogen and oxygen atoms in total. The van der Waals surface area contributed by atoms with Crippen LogP contribution in [-0.4, -0.2) is 22.7 Å². The predicted octanol–water partition coefficient (Wildman–Crippen LogP) is 2.16. The van der Waals surface area contributed by atoms with Crippen LogP contribution in [0.1, 0.15) is 5.56 Å². The molecule has 0 aliphatic carbocycles. The van der Waals surface area contributed by atoms with Crippen LogP contribution in [-0.2, 0) is 11.3 Å². The van der Waals surface area contributed by atoms with Gasteiger partial charge in [0.2, 0.25) is 0 Å². The van der Waals surface area contributed by atoms with Crippen molar-refractivity contribution in [2.45, 2.75) is 6.54 Å². The van der Waals surface area contributed by atoms with Crippen molar-refractivity contribution in [1.82, 2.24) is 4.98 Å². The summed E-state index contributed by atoms with van der Waals surface area (Å²) in [6, 6.07) is 11.1. The lowest BCUT2D eigenvalue weighted by Gasteiger charge is -2.11. The van der Waals surface area contributed by atoms with Crippen LogP contribution in [0.25, 0.3) is 0 Å². The molecule has 0 aliphatic rings. The van der Waals surface area contributed by atoms with Crippen LogP contribution < -0.4 is 10.1 Å². The van der Waals surface area contributed by atoms with Crippen molar-refractivity contribution in [2.75, 3.05) is 11.9 Å². The fourth-order valence-corrected chi connectivity index (χ4v) is 1.59. The average molecular weight is 258 g/mol. The van der Waals surface area contributed by atoms with Crippen molar-refractivity contribution < 1.29 is 14.6 Å². The number of aliphatic carboxylic acids is 1. The zero-order valence-electron chi connectivity index (χ0n) is 10.2. The molecule has 98 valence electrons. The van der Waals surface area contributed by atoms with Gasteiger partial charge in [0.05, 0.1) is 5.69 Å². The van der Waals surface area contributed by atoms with Crippen LogP contribution >= 0.6 is 0 Å². The minimum Gasteiger partial charge on any atom is -0.482 e. The van der Waals surface area contributed by atoms with Crippen LogP contribution in [0.3, 0.4) is 0 Å². The molecule has 0 spiro atoms. The number of para-hydroxylation sites is 1. The van der Waals surface area contributed by atoms with E-state index in [4.69, 9.17) is 9.84 Å². The van der Waals surface area contributed by atoms with Crippen molar-refractivity contribution in [1.29, 1.82) is 0 Å². The van der Waals surface area contributed by atoms with Gasteiger partial charge in [0, 0.05) is 24.5 Å². The van der Waals surface area contributed by atoms with E-state index in [0.717, 1.165) is 11.3 Å². The van der Waals surface area contributed by atoms with Gasteiger partial charge in [-0.25, -0.2) is 4.79 Å². The summed E-state index contributed by atoms with van der Waals surface area (Å²) >= 11 is 0. The minimum absolute atomic E-state index is 0.343. The maximum atomic E-state index is 10.5. The molecule has 0 amide bonds. The molecule has 2 N–H and O–H groups in total. The molecule has 2 rings (SSSR count). The zero-order valence-corrected chi connectivity index (χ0v) is 10.2. The average Bonchev–Trinajstić information content (AvgIpc) is 2.45. The highest BCUT2D eigenvalue weighted by Gasteiger charge is 2.05. The molecule has 19 heavy (non-hydrogen) atoms. The van der Waals surface area contributed by atoms with E-state index in [1.54, 1.807) is 18.5 Å². The molecule has 0 radical (unpaired) electrons. The first-order valence-electron chi connectivity index (χ1n) is 5.82. The van der Waals surface area contributed by atoms with Gasteiger partial charge in [0.25, 0.3) is 0 Å². The molecule has 0 bridgehead atoms.